The molecule has 0 radical (unpaired) electrons. The van der Waals surface area contributed by atoms with Crippen LogP contribution in [0.1, 0.15) is 5.69 Å². The number of benzene rings is 3. The molecule has 24 heavy (non-hydrogen) atoms. The Balaban J connectivity index is 1.93. The molecule has 0 N–H and O–H groups in total. The Morgan fingerprint density at radius 2 is 1.25 bits per heavy atom. The molecule has 0 aliphatic rings. The Morgan fingerprint density at radius 3 is 2.00 bits per heavy atom. The van der Waals surface area contributed by atoms with E-state index in [2.05, 4.69) is 4.98 Å². The van der Waals surface area contributed by atoms with E-state index in [1.807, 2.05) is 54.6 Å². The summed E-state index contributed by atoms with van der Waals surface area (Å²) in [4.78, 5) is 4.96. The van der Waals surface area contributed by atoms with E-state index in [-0.39, 0.29) is 5.75 Å². The zero-order valence-corrected chi connectivity index (χ0v) is 13.7. The van der Waals surface area contributed by atoms with Gasteiger partial charge in [-0.3, -0.25) is 4.98 Å². The topological polar surface area (TPSA) is 47.0 Å². The van der Waals surface area contributed by atoms with Crippen molar-refractivity contribution in [2.45, 2.75) is 10.6 Å². The summed E-state index contributed by atoms with van der Waals surface area (Å²) in [6.07, 6.45) is 0. The minimum Gasteiger partial charge on any atom is -0.251 e. The molecule has 3 nitrogen and oxygen atoms in total. The fourth-order valence-corrected chi connectivity index (χ4v) is 4.29. The maximum atomic E-state index is 12.7. The van der Waals surface area contributed by atoms with Crippen LogP contribution >= 0.6 is 0 Å². The van der Waals surface area contributed by atoms with E-state index >= 15 is 0 Å². The van der Waals surface area contributed by atoms with Crippen molar-refractivity contribution in [3.63, 3.8) is 0 Å². The molecule has 4 aromatic rings. The summed E-state index contributed by atoms with van der Waals surface area (Å²) in [5, 5.41) is 2.95. The van der Waals surface area contributed by atoms with Crippen LogP contribution in [0.25, 0.3) is 21.7 Å². The molecule has 3 aromatic carbocycles. The summed E-state index contributed by atoms with van der Waals surface area (Å²) in [7, 11) is -3.44. The van der Waals surface area contributed by atoms with Gasteiger partial charge >= 0.3 is 0 Å². The molecule has 1 heterocycles. The second kappa shape index (κ2) is 5.73. The number of hydrogen-bond donors (Lipinski definition) is 0. The first-order valence-corrected chi connectivity index (χ1v) is 9.34. The average Bonchev–Trinajstić information content (AvgIpc) is 2.62. The number of fused-ring (bicyclic) bond motifs is 3. The summed E-state index contributed by atoms with van der Waals surface area (Å²) in [6.45, 7) is 0. The van der Waals surface area contributed by atoms with Crippen molar-refractivity contribution in [2.75, 3.05) is 0 Å². The van der Waals surface area contributed by atoms with Gasteiger partial charge in [0.2, 0.25) is 0 Å². The Hall–Kier alpha value is -2.72. The lowest BCUT2D eigenvalue weighted by Gasteiger charge is -2.10. The molecule has 118 valence electrons. The fraction of sp³-hybridized carbons (Fsp3) is 0.0500. The summed E-state index contributed by atoms with van der Waals surface area (Å²) < 4.78 is 25.5. The largest absolute Gasteiger partial charge is 0.251 e. The van der Waals surface area contributed by atoms with Gasteiger partial charge in [0, 0.05) is 10.8 Å². The van der Waals surface area contributed by atoms with Gasteiger partial charge < -0.3 is 0 Å². The Kier molecular flexibility index (Phi) is 3.54. The van der Waals surface area contributed by atoms with Crippen LogP contribution in [-0.4, -0.2) is 13.4 Å². The Morgan fingerprint density at radius 1 is 0.667 bits per heavy atom. The number of hydrogen-bond acceptors (Lipinski definition) is 3. The standard InChI is InChI=1S/C20H15NO2S/c22-24(23,15-8-2-1-3-9-15)14-20-18-12-5-4-10-16(18)17-11-6-7-13-19(17)21-20/h1-13H,14H2. The maximum Gasteiger partial charge on any atom is 0.184 e. The third-order valence-corrected chi connectivity index (χ3v) is 5.76. The van der Waals surface area contributed by atoms with Crippen LogP contribution in [0.15, 0.2) is 83.8 Å². The van der Waals surface area contributed by atoms with Gasteiger partial charge in [-0.2, -0.15) is 0 Å². The highest BCUT2D eigenvalue weighted by molar-refractivity contribution is 7.90. The van der Waals surface area contributed by atoms with Crippen molar-refractivity contribution >= 4 is 31.5 Å². The number of rotatable bonds is 3. The summed E-state index contributed by atoms with van der Waals surface area (Å²) in [6, 6.07) is 24.2. The first-order valence-electron chi connectivity index (χ1n) is 7.69. The van der Waals surface area contributed by atoms with Crippen LogP contribution in [0.3, 0.4) is 0 Å². The van der Waals surface area contributed by atoms with E-state index in [1.54, 1.807) is 24.3 Å². The molecule has 0 aliphatic carbocycles. The molecule has 0 fully saturated rings. The number of sulfone groups is 1. The average molecular weight is 333 g/mol. The number of aromatic nitrogens is 1. The molecule has 0 amide bonds. The van der Waals surface area contributed by atoms with Crippen molar-refractivity contribution < 1.29 is 8.42 Å². The predicted molar refractivity (Wildman–Crippen MR) is 96.6 cm³/mol. The third kappa shape index (κ3) is 2.55. The second-order valence-corrected chi connectivity index (χ2v) is 7.68. The molecule has 0 saturated heterocycles. The van der Waals surface area contributed by atoms with Crippen LogP contribution in [0, 0.1) is 0 Å². The van der Waals surface area contributed by atoms with Crippen molar-refractivity contribution in [2.24, 2.45) is 0 Å². The van der Waals surface area contributed by atoms with E-state index in [1.165, 1.54) is 0 Å². The fourth-order valence-electron chi connectivity index (χ4n) is 2.98. The van der Waals surface area contributed by atoms with Crippen molar-refractivity contribution in [1.82, 2.24) is 4.98 Å². The molecule has 0 bridgehead atoms. The van der Waals surface area contributed by atoms with E-state index in [4.69, 9.17) is 0 Å². The van der Waals surface area contributed by atoms with Gasteiger partial charge in [0.25, 0.3) is 0 Å². The molecule has 0 spiro atoms. The lowest BCUT2D eigenvalue weighted by molar-refractivity contribution is 0.595. The highest BCUT2D eigenvalue weighted by atomic mass is 32.2. The molecule has 1 aromatic heterocycles. The lowest BCUT2D eigenvalue weighted by atomic mass is 10.0. The number of para-hydroxylation sites is 1. The minimum atomic E-state index is -3.44. The molecule has 0 saturated carbocycles. The van der Waals surface area contributed by atoms with Crippen LogP contribution in [-0.2, 0) is 15.6 Å². The maximum absolute atomic E-state index is 12.7. The summed E-state index contributed by atoms with van der Waals surface area (Å²) >= 11 is 0. The van der Waals surface area contributed by atoms with E-state index < -0.39 is 9.84 Å². The van der Waals surface area contributed by atoms with Gasteiger partial charge in [0.15, 0.2) is 9.84 Å². The normalized spacial score (nSPS) is 11.8. The van der Waals surface area contributed by atoms with E-state index in [9.17, 15) is 8.42 Å². The third-order valence-electron chi connectivity index (χ3n) is 4.12. The van der Waals surface area contributed by atoms with Crippen molar-refractivity contribution in [1.29, 1.82) is 0 Å². The number of nitrogens with zero attached hydrogens (tertiary/aromatic N) is 1. The minimum absolute atomic E-state index is 0.109. The summed E-state index contributed by atoms with van der Waals surface area (Å²) in [5.41, 5.74) is 1.41. The van der Waals surface area contributed by atoms with Gasteiger partial charge in [-0.15, -0.1) is 0 Å². The summed E-state index contributed by atoms with van der Waals surface area (Å²) in [5.74, 6) is -0.109. The van der Waals surface area contributed by atoms with E-state index in [0.717, 1.165) is 21.7 Å². The second-order valence-electron chi connectivity index (χ2n) is 5.69. The molecule has 4 heteroatoms. The lowest BCUT2D eigenvalue weighted by Crippen LogP contribution is -2.07. The highest BCUT2D eigenvalue weighted by Crippen LogP contribution is 2.28. The zero-order valence-electron chi connectivity index (χ0n) is 12.9. The van der Waals surface area contributed by atoms with Crippen LogP contribution < -0.4 is 0 Å². The Labute approximate surface area is 140 Å². The molecular formula is C20H15NO2S. The smallest absolute Gasteiger partial charge is 0.184 e. The Bertz CT molecular complexity index is 1140. The molecule has 4 rings (SSSR count). The molecule has 0 atom stereocenters. The van der Waals surface area contributed by atoms with Gasteiger partial charge in [-0.25, -0.2) is 8.42 Å². The van der Waals surface area contributed by atoms with Gasteiger partial charge in [-0.05, 0) is 23.6 Å². The van der Waals surface area contributed by atoms with Gasteiger partial charge in [0.05, 0.1) is 21.9 Å². The highest BCUT2D eigenvalue weighted by Gasteiger charge is 2.18. The van der Waals surface area contributed by atoms with Crippen molar-refractivity contribution in [3.05, 3.63) is 84.6 Å². The molecule has 0 unspecified atom stereocenters. The van der Waals surface area contributed by atoms with Crippen LogP contribution in [0.2, 0.25) is 0 Å². The quantitative estimate of drug-likeness (QED) is 0.523. The molecular weight excluding hydrogens is 318 g/mol. The SMILES string of the molecule is O=S(=O)(Cc1nc2ccccc2c2ccccc12)c1ccccc1. The van der Waals surface area contributed by atoms with Crippen LogP contribution in [0.4, 0.5) is 0 Å². The van der Waals surface area contributed by atoms with Crippen LogP contribution in [0.5, 0.6) is 0 Å². The van der Waals surface area contributed by atoms with Crippen molar-refractivity contribution in [3.8, 4) is 0 Å². The first kappa shape index (κ1) is 14.8. The zero-order chi connectivity index (χ0) is 16.6. The van der Waals surface area contributed by atoms with Gasteiger partial charge in [0.1, 0.15) is 0 Å². The predicted octanol–water partition coefficient (Wildman–Crippen LogP) is 4.36. The first-order chi connectivity index (χ1) is 11.6. The van der Waals surface area contributed by atoms with E-state index in [0.29, 0.717) is 10.6 Å². The number of pyridine rings is 1. The van der Waals surface area contributed by atoms with Gasteiger partial charge in [-0.1, -0.05) is 60.7 Å². The monoisotopic (exact) mass is 333 g/mol. The molecule has 0 aliphatic heterocycles.